The van der Waals surface area contributed by atoms with Crippen LogP contribution in [0.15, 0.2) is 24.3 Å². The third-order valence-corrected chi connectivity index (χ3v) is 17.5. The molecule has 1 fully saturated rings. The van der Waals surface area contributed by atoms with E-state index in [2.05, 4.69) is 47.7 Å². The highest BCUT2D eigenvalue weighted by Crippen LogP contribution is 2.27. The van der Waals surface area contributed by atoms with E-state index >= 15 is 0 Å². The highest BCUT2D eigenvalue weighted by Gasteiger charge is 2.48. The number of hydrogen-bond donors (Lipinski definition) is 6. The number of carbonyl (C=O) groups is 1. The lowest BCUT2D eigenvalue weighted by molar-refractivity contribution is -0.298. The standard InChI is InChI=1S/C69H133NO11S/c1-3-5-7-9-11-13-15-17-19-21-23-25-27-28-29-30-31-32-33-34-35-36-37-39-41-43-45-47-49-51-53-55-57-59-65(73)70-62(61-79-69-67(75)68(81-82(76,77)78)66(74)64(60-71)80-69)63(72)58-56-54-52-50-48-46-44-42-40-38-26-24-22-20-18-16-14-12-10-8-6-4-2/h23,25,28-29,62-64,66-69,71-72,74-75H,3-22,24,26-27,30-61H2,1-2H3,(H,70,73)(H,76,77,78)/b25-23-,29-28-. The molecule has 13 heteroatoms. The number of rotatable bonds is 63. The third kappa shape index (κ3) is 49.7. The Hall–Kier alpha value is -1.42. The topological polar surface area (TPSA) is 192 Å². The Morgan fingerprint density at radius 2 is 0.817 bits per heavy atom. The number of carbonyl (C=O) groups excluding carboxylic acids is 1. The fourth-order valence-corrected chi connectivity index (χ4v) is 12.1. The highest BCUT2D eigenvalue weighted by molar-refractivity contribution is 7.80. The second-order valence-electron chi connectivity index (χ2n) is 24.8. The second kappa shape index (κ2) is 58.6. The van der Waals surface area contributed by atoms with Crippen LogP contribution in [0.3, 0.4) is 0 Å². The zero-order valence-corrected chi connectivity index (χ0v) is 54.2. The van der Waals surface area contributed by atoms with E-state index in [1.54, 1.807) is 0 Å². The summed E-state index contributed by atoms with van der Waals surface area (Å²) in [4.78, 5) is 13.2. The van der Waals surface area contributed by atoms with E-state index in [-0.39, 0.29) is 12.5 Å². The summed E-state index contributed by atoms with van der Waals surface area (Å²) in [5, 5.41) is 45.3. The van der Waals surface area contributed by atoms with E-state index in [0.29, 0.717) is 12.8 Å². The summed E-state index contributed by atoms with van der Waals surface area (Å²) < 4.78 is 48.1. The van der Waals surface area contributed by atoms with Gasteiger partial charge in [-0.2, -0.15) is 8.42 Å². The first-order valence-electron chi connectivity index (χ1n) is 35.2. The Labute approximate surface area is 505 Å². The molecule has 0 aromatic carbocycles. The van der Waals surface area contributed by atoms with Crippen LogP contribution < -0.4 is 5.32 Å². The van der Waals surface area contributed by atoms with Crippen molar-refractivity contribution in [1.82, 2.24) is 5.32 Å². The molecule has 486 valence electrons. The van der Waals surface area contributed by atoms with Gasteiger partial charge < -0.3 is 35.2 Å². The van der Waals surface area contributed by atoms with Gasteiger partial charge in [-0.15, -0.1) is 0 Å². The van der Waals surface area contributed by atoms with Gasteiger partial charge in [0.1, 0.15) is 24.4 Å². The van der Waals surface area contributed by atoms with Crippen molar-refractivity contribution in [2.45, 2.75) is 397 Å². The van der Waals surface area contributed by atoms with Crippen LogP contribution in [0.1, 0.15) is 354 Å². The summed E-state index contributed by atoms with van der Waals surface area (Å²) in [5.41, 5.74) is 0. The SMILES string of the molecule is CCCCCCCCCCC/C=C\C/C=C\CCCCCCCCCCCCCCCCCCCC(=O)NC(COC1OC(CO)C(O)C(OS(=O)(=O)O)C1O)C(O)CCCCCCCCCCCCCCCCCCCCCCCC. The Bertz CT molecular complexity index is 1530. The van der Waals surface area contributed by atoms with Crippen molar-refractivity contribution >= 4 is 16.3 Å². The first-order chi connectivity index (χ1) is 40.0. The lowest BCUT2D eigenvalue weighted by Crippen LogP contribution is -2.61. The normalized spacial score (nSPS) is 18.5. The third-order valence-electron chi connectivity index (χ3n) is 17.0. The summed E-state index contributed by atoms with van der Waals surface area (Å²) in [7, 11) is -5.08. The van der Waals surface area contributed by atoms with Crippen LogP contribution in [-0.2, 0) is 28.9 Å². The van der Waals surface area contributed by atoms with Crippen molar-refractivity contribution in [3.63, 3.8) is 0 Å². The number of hydrogen-bond acceptors (Lipinski definition) is 10. The number of aliphatic hydroxyl groups excluding tert-OH is 4. The number of unbranched alkanes of at least 4 members (excludes halogenated alkanes) is 47. The highest BCUT2D eigenvalue weighted by atomic mass is 32.3. The van der Waals surface area contributed by atoms with Gasteiger partial charge >= 0.3 is 10.4 Å². The van der Waals surface area contributed by atoms with Crippen LogP contribution in [0, 0.1) is 0 Å². The van der Waals surface area contributed by atoms with Crippen LogP contribution in [0.2, 0.25) is 0 Å². The van der Waals surface area contributed by atoms with Crippen LogP contribution in [-0.4, -0.2) is 95.4 Å². The number of amides is 1. The maximum atomic E-state index is 13.2. The van der Waals surface area contributed by atoms with E-state index in [9.17, 15) is 38.2 Å². The molecule has 0 saturated carbocycles. The lowest BCUT2D eigenvalue weighted by atomic mass is 9.99. The molecule has 1 amide bonds. The van der Waals surface area contributed by atoms with Crippen molar-refractivity contribution in [3.8, 4) is 0 Å². The zero-order chi connectivity index (χ0) is 59.7. The minimum atomic E-state index is -5.08. The Morgan fingerprint density at radius 3 is 1.16 bits per heavy atom. The average molecular weight is 1180 g/mol. The molecule has 1 heterocycles. The average Bonchev–Trinajstić information content (AvgIpc) is 3.60. The molecule has 82 heavy (non-hydrogen) atoms. The smallest absolute Gasteiger partial charge is 0.394 e. The van der Waals surface area contributed by atoms with Gasteiger partial charge in [0.25, 0.3) is 0 Å². The van der Waals surface area contributed by atoms with Crippen LogP contribution in [0.4, 0.5) is 0 Å². The van der Waals surface area contributed by atoms with Gasteiger partial charge in [-0.1, -0.05) is 327 Å². The summed E-state index contributed by atoms with van der Waals surface area (Å²) in [5.74, 6) is -0.223. The maximum absolute atomic E-state index is 13.2. The molecular formula is C69H133NO11S. The Morgan fingerprint density at radius 1 is 0.488 bits per heavy atom. The van der Waals surface area contributed by atoms with Gasteiger partial charge in [-0.05, 0) is 44.9 Å². The molecule has 7 atom stereocenters. The van der Waals surface area contributed by atoms with Crippen molar-refractivity contribution in [2.75, 3.05) is 13.2 Å². The van der Waals surface area contributed by atoms with E-state index in [1.807, 2.05) is 0 Å². The number of aliphatic hydroxyl groups is 4. The van der Waals surface area contributed by atoms with Gasteiger partial charge in [-0.3, -0.25) is 9.35 Å². The van der Waals surface area contributed by atoms with Gasteiger partial charge in [-0.25, -0.2) is 4.18 Å². The number of allylic oxidation sites excluding steroid dienone is 4. The van der Waals surface area contributed by atoms with Gasteiger partial charge in [0.15, 0.2) is 6.29 Å². The molecule has 12 nitrogen and oxygen atoms in total. The van der Waals surface area contributed by atoms with Crippen molar-refractivity contribution < 1.29 is 51.8 Å². The van der Waals surface area contributed by atoms with E-state index < -0.39 is 59.9 Å². The molecule has 7 unspecified atom stereocenters. The van der Waals surface area contributed by atoms with E-state index in [0.717, 1.165) is 57.8 Å². The summed E-state index contributed by atoms with van der Waals surface area (Å²) in [6.45, 7) is 3.52. The molecule has 1 aliphatic rings. The Kier molecular flexibility index (Phi) is 56.2. The number of nitrogens with one attached hydrogen (secondary N) is 1. The van der Waals surface area contributed by atoms with E-state index in [4.69, 9.17) is 9.47 Å². The van der Waals surface area contributed by atoms with Crippen molar-refractivity contribution in [1.29, 1.82) is 0 Å². The minimum Gasteiger partial charge on any atom is -0.394 e. The first kappa shape index (κ1) is 78.6. The predicted octanol–water partition coefficient (Wildman–Crippen LogP) is 18.3. The summed E-state index contributed by atoms with van der Waals surface area (Å²) >= 11 is 0. The van der Waals surface area contributed by atoms with Crippen molar-refractivity contribution in [2.24, 2.45) is 0 Å². The van der Waals surface area contributed by atoms with Gasteiger partial charge in [0.2, 0.25) is 5.91 Å². The second-order valence-corrected chi connectivity index (χ2v) is 25.9. The fourth-order valence-electron chi connectivity index (χ4n) is 11.6. The van der Waals surface area contributed by atoms with E-state index in [1.165, 1.54) is 270 Å². The van der Waals surface area contributed by atoms with Crippen LogP contribution >= 0.6 is 0 Å². The fraction of sp³-hybridized carbons (Fsp3) is 0.928. The first-order valence-corrected chi connectivity index (χ1v) is 36.6. The molecule has 0 aliphatic carbocycles. The molecule has 0 aromatic rings. The molecule has 1 aliphatic heterocycles. The maximum Gasteiger partial charge on any atom is 0.397 e. The molecule has 1 rings (SSSR count). The molecule has 1 saturated heterocycles. The molecule has 0 aromatic heterocycles. The molecule has 0 spiro atoms. The molecule has 6 N–H and O–H groups in total. The molecular weight excluding hydrogens is 1050 g/mol. The Balaban J connectivity index is 2.22. The van der Waals surface area contributed by atoms with Gasteiger partial charge in [0, 0.05) is 6.42 Å². The molecule has 0 bridgehead atoms. The summed E-state index contributed by atoms with van der Waals surface area (Å²) in [6.07, 6.45) is 66.4. The van der Waals surface area contributed by atoms with Crippen molar-refractivity contribution in [3.05, 3.63) is 24.3 Å². The quantitative estimate of drug-likeness (QED) is 0.0193. The molecule has 0 radical (unpaired) electrons. The van der Waals surface area contributed by atoms with Gasteiger partial charge in [0.05, 0.1) is 25.4 Å². The minimum absolute atomic E-state index is 0.223. The van der Waals surface area contributed by atoms with Crippen LogP contribution in [0.5, 0.6) is 0 Å². The van der Waals surface area contributed by atoms with Crippen LogP contribution in [0.25, 0.3) is 0 Å². The predicted molar refractivity (Wildman–Crippen MR) is 342 cm³/mol. The zero-order valence-electron chi connectivity index (χ0n) is 53.3. The monoisotopic (exact) mass is 1180 g/mol. The largest absolute Gasteiger partial charge is 0.397 e. The lowest BCUT2D eigenvalue weighted by Gasteiger charge is -2.41. The number of ether oxygens (including phenoxy) is 2. The summed E-state index contributed by atoms with van der Waals surface area (Å²) in [6, 6.07) is -0.858.